The number of hydrogen-bond acceptors (Lipinski definition) is 5. The number of aromatic nitrogens is 3. The third-order valence-electron chi connectivity index (χ3n) is 5.49. The number of aliphatic hydroxyl groups is 2. The van der Waals surface area contributed by atoms with Crippen LogP contribution in [0.25, 0.3) is 5.57 Å². The van der Waals surface area contributed by atoms with Gasteiger partial charge in [0.05, 0.1) is 24.6 Å². The molecule has 0 saturated heterocycles. The lowest BCUT2D eigenvalue weighted by Crippen LogP contribution is -2.39. The number of allylic oxidation sites excluding steroid dienone is 4. The molecular formula is C22H22ClF5N4O4. The summed E-state index contributed by atoms with van der Waals surface area (Å²) < 4.78 is 67.7. The van der Waals surface area contributed by atoms with E-state index in [-0.39, 0.29) is 22.9 Å². The van der Waals surface area contributed by atoms with Crippen molar-refractivity contribution >= 4 is 23.1 Å². The van der Waals surface area contributed by atoms with Crippen LogP contribution in [0.15, 0.2) is 41.2 Å². The molecule has 0 fully saturated rings. The van der Waals surface area contributed by atoms with Crippen LogP contribution in [0.4, 0.5) is 22.0 Å². The standard InChI is InChI=1S/C22H22ClF5N4O4/c1-11-7-12(5-6-14(11)23)20-30-32(21(36)31(20)8-17(34)22(26,27)28)9-18(35)29-16(10-33)13-3-2-4-15(24)19(13)25/h2-7,11,14,16-17,33-34H,8-10H2,1H3,(H,29,35). The van der Waals surface area contributed by atoms with Gasteiger partial charge in [-0.25, -0.2) is 18.3 Å². The van der Waals surface area contributed by atoms with Crippen LogP contribution in [0.3, 0.4) is 0 Å². The van der Waals surface area contributed by atoms with Gasteiger partial charge in [0.2, 0.25) is 5.91 Å². The van der Waals surface area contributed by atoms with Gasteiger partial charge in [0.15, 0.2) is 23.6 Å². The minimum absolute atomic E-state index is 0.238. The summed E-state index contributed by atoms with van der Waals surface area (Å²) in [6.07, 6.45) is -3.32. The van der Waals surface area contributed by atoms with Gasteiger partial charge < -0.3 is 15.5 Å². The molecule has 36 heavy (non-hydrogen) atoms. The van der Waals surface area contributed by atoms with Crippen molar-refractivity contribution in [2.24, 2.45) is 5.92 Å². The maximum absolute atomic E-state index is 14.1. The Labute approximate surface area is 206 Å². The lowest BCUT2D eigenvalue weighted by atomic mass is 9.97. The molecule has 0 saturated carbocycles. The van der Waals surface area contributed by atoms with Gasteiger partial charge in [-0.1, -0.05) is 37.3 Å². The van der Waals surface area contributed by atoms with Crippen LogP contribution in [0, 0.1) is 17.6 Å². The van der Waals surface area contributed by atoms with Crippen molar-refractivity contribution in [3.63, 3.8) is 0 Å². The van der Waals surface area contributed by atoms with E-state index in [9.17, 15) is 41.8 Å². The Balaban J connectivity index is 1.92. The molecule has 0 radical (unpaired) electrons. The molecule has 4 atom stereocenters. The van der Waals surface area contributed by atoms with Gasteiger partial charge in [-0.15, -0.1) is 16.7 Å². The van der Waals surface area contributed by atoms with Crippen LogP contribution in [-0.4, -0.2) is 54.7 Å². The SMILES string of the molecule is CC1C=C(c2nn(CC(=O)NC(CO)c3cccc(F)c3F)c(=O)n2CC(O)C(F)(F)F)C=CC1Cl. The largest absolute Gasteiger partial charge is 0.416 e. The maximum Gasteiger partial charge on any atom is 0.416 e. The van der Waals surface area contributed by atoms with E-state index in [1.807, 2.05) is 0 Å². The van der Waals surface area contributed by atoms with Crippen molar-refractivity contribution in [2.45, 2.75) is 43.7 Å². The number of hydrogen-bond donors (Lipinski definition) is 3. The van der Waals surface area contributed by atoms with E-state index in [0.29, 0.717) is 9.25 Å². The average Bonchev–Trinajstić information content (AvgIpc) is 3.10. The Kier molecular flexibility index (Phi) is 8.37. The summed E-state index contributed by atoms with van der Waals surface area (Å²) in [6.45, 7) is -1.08. The summed E-state index contributed by atoms with van der Waals surface area (Å²) in [5.41, 5.74) is -1.23. The Bertz CT molecular complexity index is 1240. The third kappa shape index (κ3) is 6.02. The third-order valence-corrected chi connectivity index (χ3v) is 6.03. The van der Waals surface area contributed by atoms with Crippen molar-refractivity contribution in [3.8, 4) is 0 Å². The first-order valence-corrected chi connectivity index (χ1v) is 11.1. The van der Waals surface area contributed by atoms with Crippen LogP contribution in [0.2, 0.25) is 0 Å². The van der Waals surface area contributed by atoms with Gasteiger partial charge in [-0.2, -0.15) is 13.2 Å². The Morgan fingerprint density at radius 2 is 2.00 bits per heavy atom. The molecule has 3 rings (SSSR count). The highest BCUT2D eigenvalue weighted by Gasteiger charge is 2.39. The molecule has 196 valence electrons. The van der Waals surface area contributed by atoms with Gasteiger partial charge in [0.1, 0.15) is 6.54 Å². The predicted octanol–water partition coefficient (Wildman–Crippen LogP) is 2.29. The fraction of sp³-hybridized carbons (Fsp3) is 0.409. The fourth-order valence-corrected chi connectivity index (χ4v) is 3.68. The normalized spacial score (nSPS) is 19.6. The molecule has 3 N–H and O–H groups in total. The molecule has 4 unspecified atom stereocenters. The van der Waals surface area contributed by atoms with E-state index in [1.54, 1.807) is 19.1 Å². The predicted molar refractivity (Wildman–Crippen MR) is 119 cm³/mol. The van der Waals surface area contributed by atoms with Gasteiger partial charge in [0.25, 0.3) is 0 Å². The minimum atomic E-state index is -5.02. The molecule has 1 aromatic heterocycles. The van der Waals surface area contributed by atoms with Crippen molar-refractivity contribution in [1.29, 1.82) is 0 Å². The van der Waals surface area contributed by atoms with E-state index in [2.05, 4.69) is 10.4 Å². The Morgan fingerprint density at radius 1 is 1.31 bits per heavy atom. The highest BCUT2D eigenvalue weighted by molar-refractivity contribution is 6.22. The number of aliphatic hydroxyl groups excluding tert-OH is 2. The number of halogens is 6. The molecule has 1 amide bonds. The molecule has 14 heteroatoms. The number of rotatable bonds is 8. The second kappa shape index (κ2) is 10.9. The lowest BCUT2D eigenvalue weighted by molar-refractivity contribution is -0.207. The lowest BCUT2D eigenvalue weighted by Gasteiger charge is -2.19. The number of benzene rings is 1. The number of nitrogens with zero attached hydrogens (tertiary/aromatic N) is 3. The highest BCUT2D eigenvalue weighted by atomic mass is 35.5. The molecule has 0 aliphatic heterocycles. The number of carbonyl (C=O) groups is 1. The molecule has 0 spiro atoms. The zero-order valence-electron chi connectivity index (χ0n) is 18.7. The summed E-state index contributed by atoms with van der Waals surface area (Å²) >= 11 is 6.10. The van der Waals surface area contributed by atoms with E-state index >= 15 is 0 Å². The second-order valence-electron chi connectivity index (χ2n) is 8.16. The van der Waals surface area contributed by atoms with Crippen LogP contribution in [-0.2, 0) is 17.9 Å². The zero-order chi connectivity index (χ0) is 26.8. The van der Waals surface area contributed by atoms with E-state index in [4.69, 9.17) is 11.6 Å². The first-order valence-electron chi connectivity index (χ1n) is 10.6. The fourth-order valence-electron chi connectivity index (χ4n) is 3.54. The topological polar surface area (TPSA) is 109 Å². The molecule has 0 bridgehead atoms. The van der Waals surface area contributed by atoms with Crippen molar-refractivity contribution < 1.29 is 37.0 Å². The van der Waals surface area contributed by atoms with E-state index < -0.39 is 66.6 Å². The summed E-state index contributed by atoms with van der Waals surface area (Å²) in [5.74, 6) is -3.95. The van der Waals surface area contributed by atoms with Gasteiger partial charge >= 0.3 is 11.9 Å². The first kappa shape index (κ1) is 27.6. The van der Waals surface area contributed by atoms with Crippen LogP contribution < -0.4 is 11.0 Å². The molecule has 1 aliphatic rings. The van der Waals surface area contributed by atoms with Crippen LogP contribution in [0.1, 0.15) is 24.4 Å². The monoisotopic (exact) mass is 536 g/mol. The quantitative estimate of drug-likeness (QED) is 0.354. The molecule has 2 aromatic rings. The van der Waals surface area contributed by atoms with Gasteiger partial charge in [-0.05, 0) is 12.0 Å². The van der Waals surface area contributed by atoms with E-state index in [1.165, 1.54) is 12.1 Å². The van der Waals surface area contributed by atoms with Crippen molar-refractivity contribution in [1.82, 2.24) is 19.7 Å². The van der Waals surface area contributed by atoms with Crippen LogP contribution in [0.5, 0.6) is 0 Å². The number of alkyl halides is 4. The number of nitrogens with one attached hydrogen (secondary N) is 1. The smallest absolute Gasteiger partial charge is 0.394 e. The molecule has 8 nitrogen and oxygen atoms in total. The van der Waals surface area contributed by atoms with Gasteiger partial charge in [0, 0.05) is 11.1 Å². The van der Waals surface area contributed by atoms with E-state index in [0.717, 1.165) is 12.1 Å². The van der Waals surface area contributed by atoms with Crippen LogP contribution >= 0.6 is 11.6 Å². The summed E-state index contributed by atoms with van der Waals surface area (Å²) in [6, 6.07) is 1.79. The molecule has 1 aromatic carbocycles. The van der Waals surface area contributed by atoms with Crippen molar-refractivity contribution in [3.05, 3.63) is 69.9 Å². The molecule has 1 aliphatic carbocycles. The zero-order valence-corrected chi connectivity index (χ0v) is 19.5. The molecule has 1 heterocycles. The first-order chi connectivity index (χ1) is 16.8. The Morgan fingerprint density at radius 3 is 2.61 bits per heavy atom. The summed E-state index contributed by atoms with van der Waals surface area (Å²) in [5, 5.41) is 24.9. The number of carbonyl (C=O) groups excluding carboxylic acids is 1. The summed E-state index contributed by atoms with van der Waals surface area (Å²) in [4.78, 5) is 25.4. The summed E-state index contributed by atoms with van der Waals surface area (Å²) in [7, 11) is 0. The Hall–Kier alpha value is -3.03. The maximum atomic E-state index is 14.1. The van der Waals surface area contributed by atoms with Gasteiger partial charge in [-0.3, -0.25) is 9.36 Å². The molecular weight excluding hydrogens is 515 g/mol. The average molecular weight is 537 g/mol. The minimum Gasteiger partial charge on any atom is -0.394 e. The second-order valence-corrected chi connectivity index (χ2v) is 8.67. The highest BCUT2D eigenvalue weighted by Crippen LogP contribution is 2.27. The van der Waals surface area contributed by atoms with Crippen molar-refractivity contribution in [2.75, 3.05) is 6.61 Å². The number of amides is 1.